The van der Waals surface area contributed by atoms with E-state index >= 15 is 0 Å². The largest absolute Gasteiger partial charge is 0.330 e. The number of hydrogen-bond donors (Lipinski definition) is 2. The molecule has 0 fully saturated rings. The molecule has 0 aromatic rings. The fourth-order valence-corrected chi connectivity index (χ4v) is 6.47. The predicted octanol–water partition coefficient (Wildman–Crippen LogP) is 11.9. The lowest BCUT2D eigenvalue weighted by Gasteiger charge is -2.28. The molecule has 0 heterocycles. The Morgan fingerprint density at radius 3 is 0.763 bits per heavy atom. The van der Waals surface area contributed by atoms with Crippen molar-refractivity contribution < 1.29 is 0 Å². The first kappa shape index (κ1) is 37.9. The van der Waals surface area contributed by atoms with Gasteiger partial charge in [0.2, 0.25) is 0 Å². The Hall–Kier alpha value is -0.0800. The number of nitrogens with two attached hydrogens (primary N) is 2. The van der Waals surface area contributed by atoms with Crippen LogP contribution < -0.4 is 11.5 Å². The molecular weight excluding hydrogens is 460 g/mol. The van der Waals surface area contributed by atoms with Gasteiger partial charge in [0.1, 0.15) is 0 Å². The molecule has 2 unspecified atom stereocenters. The van der Waals surface area contributed by atoms with E-state index in [1.165, 1.54) is 193 Å². The molecule has 0 amide bonds. The summed E-state index contributed by atoms with van der Waals surface area (Å²) in [6.07, 6.45) is 42.9. The lowest BCUT2D eigenvalue weighted by Crippen LogP contribution is -2.16. The van der Waals surface area contributed by atoms with Crippen LogP contribution in [0.3, 0.4) is 0 Å². The van der Waals surface area contributed by atoms with Gasteiger partial charge in [0, 0.05) is 0 Å². The van der Waals surface area contributed by atoms with E-state index in [1.807, 2.05) is 0 Å². The normalized spacial score (nSPS) is 13.3. The van der Waals surface area contributed by atoms with E-state index in [-0.39, 0.29) is 0 Å². The van der Waals surface area contributed by atoms with Crippen molar-refractivity contribution in [1.29, 1.82) is 0 Å². The fraction of sp³-hybridized carbons (Fsp3) is 1.00. The highest BCUT2D eigenvalue weighted by atomic mass is 14.5. The van der Waals surface area contributed by atoms with Crippen molar-refractivity contribution in [2.75, 3.05) is 13.1 Å². The molecule has 0 radical (unpaired) electrons. The Balaban J connectivity index is 4.55. The van der Waals surface area contributed by atoms with Gasteiger partial charge in [-0.3, -0.25) is 0 Å². The van der Waals surface area contributed by atoms with Gasteiger partial charge in [-0.15, -0.1) is 0 Å². The van der Waals surface area contributed by atoms with Crippen LogP contribution in [0.1, 0.15) is 206 Å². The first-order chi connectivity index (χ1) is 18.8. The molecule has 2 atom stereocenters. The maximum atomic E-state index is 5.66. The summed E-state index contributed by atoms with van der Waals surface area (Å²) in [6.45, 7) is 6.43. The molecule has 0 bridgehead atoms. The Kier molecular flexibility index (Phi) is 33.1. The molecule has 0 aromatic heterocycles. The van der Waals surface area contributed by atoms with E-state index in [2.05, 4.69) is 13.8 Å². The fourth-order valence-electron chi connectivity index (χ4n) is 6.47. The lowest BCUT2D eigenvalue weighted by molar-refractivity contribution is 0.236. The highest BCUT2D eigenvalue weighted by Gasteiger charge is 2.20. The van der Waals surface area contributed by atoms with Crippen LogP contribution in [0.2, 0.25) is 0 Å². The van der Waals surface area contributed by atoms with E-state index in [9.17, 15) is 0 Å². The third-order valence-electron chi connectivity index (χ3n) is 9.08. The minimum absolute atomic E-state index is 0.870. The summed E-state index contributed by atoms with van der Waals surface area (Å²) in [5.41, 5.74) is 11.3. The summed E-state index contributed by atoms with van der Waals surface area (Å²) in [7, 11) is 0. The summed E-state index contributed by atoms with van der Waals surface area (Å²) < 4.78 is 0. The van der Waals surface area contributed by atoms with Gasteiger partial charge in [0.25, 0.3) is 0 Å². The maximum Gasteiger partial charge on any atom is -0.00773 e. The Bertz CT molecular complexity index is 410. The maximum absolute atomic E-state index is 5.66. The van der Waals surface area contributed by atoms with Gasteiger partial charge in [-0.25, -0.2) is 0 Å². The topological polar surface area (TPSA) is 52.0 Å². The van der Waals surface area contributed by atoms with Gasteiger partial charge in [0.15, 0.2) is 0 Å². The van der Waals surface area contributed by atoms with Crippen molar-refractivity contribution in [3.05, 3.63) is 0 Å². The van der Waals surface area contributed by atoms with Crippen molar-refractivity contribution in [1.82, 2.24) is 0 Å². The lowest BCUT2D eigenvalue weighted by atomic mass is 9.78. The molecule has 2 nitrogen and oxygen atoms in total. The highest BCUT2D eigenvalue weighted by molar-refractivity contribution is 4.72. The molecule has 0 saturated heterocycles. The quantitative estimate of drug-likeness (QED) is 0.0819. The Labute approximate surface area is 242 Å². The molecular formula is C36H76N2. The number of unbranched alkanes of at least 4 members (excludes halogenated alkanes) is 22. The molecule has 4 N–H and O–H groups in total. The molecule has 0 rings (SSSR count). The van der Waals surface area contributed by atoms with Crippen molar-refractivity contribution in [2.24, 2.45) is 23.3 Å². The average Bonchev–Trinajstić information content (AvgIpc) is 2.93. The number of hydrogen-bond acceptors (Lipinski definition) is 2. The van der Waals surface area contributed by atoms with Crippen LogP contribution in [-0.4, -0.2) is 13.1 Å². The van der Waals surface area contributed by atoms with E-state index in [1.54, 1.807) is 0 Å². The van der Waals surface area contributed by atoms with Crippen molar-refractivity contribution >= 4 is 0 Å². The van der Waals surface area contributed by atoms with Crippen LogP contribution in [0.4, 0.5) is 0 Å². The third-order valence-corrected chi connectivity index (χ3v) is 9.08. The molecule has 0 aliphatic rings. The van der Waals surface area contributed by atoms with Crippen LogP contribution in [-0.2, 0) is 0 Å². The molecule has 38 heavy (non-hydrogen) atoms. The summed E-state index contributed by atoms with van der Waals surface area (Å²) >= 11 is 0. The molecule has 0 saturated carbocycles. The monoisotopic (exact) mass is 537 g/mol. The van der Waals surface area contributed by atoms with Crippen molar-refractivity contribution in [3.8, 4) is 0 Å². The van der Waals surface area contributed by atoms with Gasteiger partial charge in [-0.1, -0.05) is 194 Å². The van der Waals surface area contributed by atoms with Crippen LogP contribution in [0.25, 0.3) is 0 Å². The van der Waals surface area contributed by atoms with Crippen molar-refractivity contribution in [3.63, 3.8) is 0 Å². The van der Waals surface area contributed by atoms with Gasteiger partial charge >= 0.3 is 0 Å². The van der Waals surface area contributed by atoms with E-state index in [0.29, 0.717) is 0 Å². The third kappa shape index (κ3) is 27.5. The second-order valence-electron chi connectivity index (χ2n) is 12.7. The molecule has 0 spiro atoms. The van der Waals surface area contributed by atoms with E-state index in [4.69, 9.17) is 11.5 Å². The zero-order valence-corrected chi connectivity index (χ0v) is 26.9. The Morgan fingerprint density at radius 1 is 0.289 bits per heavy atom. The zero-order valence-electron chi connectivity index (χ0n) is 26.9. The first-order valence-corrected chi connectivity index (χ1v) is 18.2. The van der Waals surface area contributed by atoms with Crippen LogP contribution in [0.15, 0.2) is 0 Å². The van der Waals surface area contributed by atoms with Crippen molar-refractivity contribution in [2.45, 2.75) is 206 Å². The van der Waals surface area contributed by atoms with Crippen LogP contribution in [0, 0.1) is 11.8 Å². The molecule has 0 aliphatic heterocycles. The average molecular weight is 537 g/mol. The minimum atomic E-state index is 0.870. The highest BCUT2D eigenvalue weighted by Crippen LogP contribution is 2.33. The standard InChI is InChI=1S/C36H76N2/c1-3-5-7-9-18-24-30-36(32-26-20-15-13-17-22-28-34-38)35(29-23-8-6-4-2)31-25-19-14-11-10-12-16-21-27-33-37/h35-36H,3-34,37-38H2,1-2H3. The molecule has 0 aromatic carbocycles. The SMILES string of the molecule is CCCCCCCCC(CCCCCCCCCN)C(CCCCCC)CCCCCCCCCCCN. The predicted molar refractivity (Wildman–Crippen MR) is 175 cm³/mol. The second kappa shape index (κ2) is 33.1. The smallest absolute Gasteiger partial charge is 0.00773 e. The van der Waals surface area contributed by atoms with Gasteiger partial charge in [-0.05, 0) is 37.8 Å². The van der Waals surface area contributed by atoms with Crippen LogP contribution in [0.5, 0.6) is 0 Å². The van der Waals surface area contributed by atoms with E-state index < -0.39 is 0 Å². The van der Waals surface area contributed by atoms with Crippen LogP contribution >= 0.6 is 0 Å². The van der Waals surface area contributed by atoms with Gasteiger partial charge in [0.05, 0.1) is 0 Å². The first-order valence-electron chi connectivity index (χ1n) is 18.2. The number of rotatable bonds is 33. The molecule has 230 valence electrons. The summed E-state index contributed by atoms with van der Waals surface area (Å²) in [4.78, 5) is 0. The molecule has 2 heteroatoms. The summed E-state index contributed by atoms with van der Waals surface area (Å²) in [5, 5.41) is 0. The Morgan fingerprint density at radius 2 is 0.500 bits per heavy atom. The van der Waals surface area contributed by atoms with Gasteiger partial charge < -0.3 is 11.5 Å². The summed E-state index contributed by atoms with van der Waals surface area (Å²) in [6, 6.07) is 0. The second-order valence-corrected chi connectivity index (χ2v) is 12.7. The van der Waals surface area contributed by atoms with E-state index in [0.717, 1.165) is 24.9 Å². The minimum Gasteiger partial charge on any atom is -0.330 e. The van der Waals surface area contributed by atoms with Gasteiger partial charge in [-0.2, -0.15) is 0 Å². The molecule has 0 aliphatic carbocycles. The summed E-state index contributed by atoms with van der Waals surface area (Å²) in [5.74, 6) is 2.01. The zero-order chi connectivity index (χ0) is 27.8.